The number of amides is 1. The molecule has 0 radical (unpaired) electrons. The van der Waals surface area contributed by atoms with Crippen LogP contribution in [-0.4, -0.2) is 29.9 Å². The molecule has 158 valence electrons. The van der Waals surface area contributed by atoms with Gasteiger partial charge in [-0.15, -0.1) is 0 Å². The first-order chi connectivity index (χ1) is 15.1. The third-order valence-electron chi connectivity index (χ3n) is 4.52. The van der Waals surface area contributed by atoms with Gasteiger partial charge < -0.3 is 10.1 Å². The normalized spacial score (nSPS) is 11.0. The van der Waals surface area contributed by atoms with E-state index in [-0.39, 0.29) is 5.91 Å². The van der Waals surface area contributed by atoms with E-state index in [0.717, 1.165) is 17.8 Å². The van der Waals surface area contributed by atoms with Gasteiger partial charge in [0.1, 0.15) is 0 Å². The molecule has 1 amide bonds. The molecule has 0 atom stereocenters. The minimum atomic E-state index is -0.456. The first kappa shape index (κ1) is 21.7. The third kappa shape index (κ3) is 6.24. The molecule has 7 nitrogen and oxygen atoms in total. The van der Waals surface area contributed by atoms with Crippen molar-refractivity contribution in [2.75, 3.05) is 12.4 Å². The molecule has 0 saturated carbocycles. The van der Waals surface area contributed by atoms with Gasteiger partial charge in [0, 0.05) is 17.4 Å². The second kappa shape index (κ2) is 10.7. The minimum absolute atomic E-state index is 0.304. The van der Waals surface area contributed by atoms with Gasteiger partial charge in [0.2, 0.25) is 5.96 Å². The van der Waals surface area contributed by atoms with Gasteiger partial charge in [0.25, 0.3) is 5.91 Å². The summed E-state index contributed by atoms with van der Waals surface area (Å²) in [6.45, 7) is 2.38. The van der Waals surface area contributed by atoms with Gasteiger partial charge in [-0.1, -0.05) is 25.1 Å². The average Bonchev–Trinajstić information content (AvgIpc) is 2.82. The summed E-state index contributed by atoms with van der Waals surface area (Å²) in [4.78, 5) is 33.1. The van der Waals surface area contributed by atoms with Crippen LogP contribution >= 0.6 is 0 Å². The average molecular weight is 416 g/mol. The summed E-state index contributed by atoms with van der Waals surface area (Å²) >= 11 is 0. The highest BCUT2D eigenvalue weighted by atomic mass is 16.5. The monoisotopic (exact) mass is 416 g/mol. The van der Waals surface area contributed by atoms with Gasteiger partial charge >= 0.3 is 5.97 Å². The first-order valence-electron chi connectivity index (χ1n) is 9.89. The van der Waals surface area contributed by atoms with Crippen LogP contribution in [0.4, 0.5) is 5.69 Å². The lowest BCUT2D eigenvalue weighted by Crippen LogP contribution is -2.36. The highest BCUT2D eigenvalue weighted by molar-refractivity contribution is 6.10. The Labute approximate surface area is 181 Å². The molecular weight excluding hydrogens is 392 g/mol. The van der Waals surface area contributed by atoms with E-state index in [1.165, 1.54) is 12.7 Å². The molecule has 0 saturated heterocycles. The number of esters is 1. The molecule has 2 N–H and O–H groups in total. The quantitative estimate of drug-likeness (QED) is 0.362. The zero-order chi connectivity index (χ0) is 22.1. The number of aryl methyl sites for hydroxylation is 1. The predicted molar refractivity (Wildman–Crippen MR) is 120 cm³/mol. The number of carbonyl (C=O) groups excluding carboxylic acids is 2. The van der Waals surface area contributed by atoms with Crippen molar-refractivity contribution in [3.63, 3.8) is 0 Å². The van der Waals surface area contributed by atoms with Gasteiger partial charge in [-0.3, -0.25) is 15.1 Å². The second-order valence-electron chi connectivity index (χ2n) is 6.69. The maximum atomic E-state index is 12.8. The van der Waals surface area contributed by atoms with Crippen LogP contribution in [0.15, 0.2) is 77.9 Å². The first-order valence-corrected chi connectivity index (χ1v) is 9.89. The summed E-state index contributed by atoms with van der Waals surface area (Å²) in [6, 6.07) is 19.7. The van der Waals surface area contributed by atoms with Gasteiger partial charge in [-0.25, -0.2) is 9.79 Å². The van der Waals surface area contributed by atoms with Crippen molar-refractivity contribution < 1.29 is 14.3 Å². The summed E-state index contributed by atoms with van der Waals surface area (Å²) in [5.74, 6) is -0.502. The number of nitrogens with zero attached hydrogens (tertiary/aromatic N) is 2. The van der Waals surface area contributed by atoms with Gasteiger partial charge in [0.05, 0.1) is 24.9 Å². The Morgan fingerprint density at radius 1 is 1.00 bits per heavy atom. The van der Waals surface area contributed by atoms with E-state index in [1.807, 2.05) is 42.5 Å². The van der Waals surface area contributed by atoms with Crippen molar-refractivity contribution in [2.45, 2.75) is 19.9 Å². The number of ether oxygens (including phenoxy) is 1. The highest BCUT2D eigenvalue weighted by Crippen LogP contribution is 2.12. The SMILES string of the molecule is CCc1cccc(NC(=NCc2ccccn2)NC(=O)c2ccc(C(=O)OC)cc2)c1. The van der Waals surface area contributed by atoms with Crippen LogP contribution in [0.25, 0.3) is 0 Å². The molecule has 2 aromatic carbocycles. The van der Waals surface area contributed by atoms with Crippen molar-refractivity contribution >= 4 is 23.5 Å². The maximum absolute atomic E-state index is 12.8. The van der Waals surface area contributed by atoms with Crippen molar-refractivity contribution in [1.29, 1.82) is 0 Å². The largest absolute Gasteiger partial charge is 0.465 e. The van der Waals surface area contributed by atoms with Gasteiger partial charge in [-0.2, -0.15) is 0 Å². The van der Waals surface area contributed by atoms with E-state index < -0.39 is 5.97 Å². The van der Waals surface area contributed by atoms with Crippen LogP contribution in [0.1, 0.15) is 38.9 Å². The molecular formula is C24H24N4O3. The van der Waals surface area contributed by atoms with Crippen molar-refractivity contribution in [3.8, 4) is 0 Å². The van der Waals surface area contributed by atoms with Crippen molar-refractivity contribution in [1.82, 2.24) is 10.3 Å². The summed E-state index contributed by atoms with van der Waals surface area (Å²) in [5, 5.41) is 5.99. The van der Waals surface area contributed by atoms with E-state index in [4.69, 9.17) is 0 Å². The highest BCUT2D eigenvalue weighted by Gasteiger charge is 2.12. The zero-order valence-corrected chi connectivity index (χ0v) is 17.5. The fourth-order valence-electron chi connectivity index (χ4n) is 2.82. The number of pyridine rings is 1. The second-order valence-corrected chi connectivity index (χ2v) is 6.69. The Hall–Kier alpha value is -4.00. The molecule has 3 rings (SSSR count). The summed E-state index contributed by atoms with van der Waals surface area (Å²) in [5.41, 5.74) is 3.53. The topological polar surface area (TPSA) is 92.7 Å². The fraction of sp³-hybridized carbons (Fsp3) is 0.167. The van der Waals surface area contributed by atoms with Crippen molar-refractivity contribution in [2.24, 2.45) is 4.99 Å². The Morgan fingerprint density at radius 2 is 1.77 bits per heavy atom. The maximum Gasteiger partial charge on any atom is 0.337 e. The summed E-state index contributed by atoms with van der Waals surface area (Å²) < 4.78 is 4.69. The smallest absolute Gasteiger partial charge is 0.337 e. The zero-order valence-electron chi connectivity index (χ0n) is 17.5. The lowest BCUT2D eigenvalue weighted by atomic mass is 10.1. The summed E-state index contributed by atoms with van der Waals surface area (Å²) in [6.07, 6.45) is 2.60. The lowest BCUT2D eigenvalue weighted by Gasteiger charge is -2.13. The Bertz CT molecular complexity index is 1060. The van der Waals surface area contributed by atoms with Crippen LogP contribution < -0.4 is 10.6 Å². The molecule has 1 heterocycles. The number of hydrogen-bond donors (Lipinski definition) is 2. The van der Waals surface area contributed by atoms with E-state index in [2.05, 4.69) is 32.3 Å². The number of aromatic nitrogens is 1. The van der Waals surface area contributed by atoms with E-state index >= 15 is 0 Å². The van der Waals surface area contributed by atoms with Crippen LogP contribution in [0.2, 0.25) is 0 Å². The molecule has 0 aliphatic rings. The fourth-order valence-corrected chi connectivity index (χ4v) is 2.82. The standard InChI is InChI=1S/C24H24N4O3/c1-3-17-7-6-9-20(15-17)27-24(26-16-21-8-4-5-14-25-21)28-22(29)18-10-12-19(13-11-18)23(30)31-2/h4-15H,3,16H2,1-2H3,(H2,26,27,28,29). The van der Waals surface area contributed by atoms with Gasteiger partial charge in [0.15, 0.2) is 0 Å². The van der Waals surface area contributed by atoms with Crippen LogP contribution in [0.5, 0.6) is 0 Å². The van der Waals surface area contributed by atoms with Gasteiger partial charge in [-0.05, 0) is 60.5 Å². The van der Waals surface area contributed by atoms with Crippen molar-refractivity contribution in [3.05, 3.63) is 95.3 Å². The van der Waals surface area contributed by atoms with E-state index in [0.29, 0.717) is 23.6 Å². The third-order valence-corrected chi connectivity index (χ3v) is 4.52. The minimum Gasteiger partial charge on any atom is -0.465 e. The number of benzene rings is 2. The van der Waals surface area contributed by atoms with E-state index in [9.17, 15) is 9.59 Å². The van der Waals surface area contributed by atoms with Crippen LogP contribution in [-0.2, 0) is 17.7 Å². The Morgan fingerprint density at radius 3 is 2.45 bits per heavy atom. The number of methoxy groups -OCH3 is 1. The molecule has 0 spiro atoms. The van der Waals surface area contributed by atoms with Crippen LogP contribution in [0.3, 0.4) is 0 Å². The number of aliphatic imine (C=N–C) groups is 1. The van der Waals surface area contributed by atoms with Crippen LogP contribution in [0, 0.1) is 0 Å². The molecule has 31 heavy (non-hydrogen) atoms. The number of hydrogen-bond acceptors (Lipinski definition) is 5. The molecule has 7 heteroatoms. The lowest BCUT2D eigenvalue weighted by molar-refractivity contribution is 0.0600. The number of carbonyl (C=O) groups is 2. The molecule has 1 aromatic heterocycles. The molecule has 0 aliphatic heterocycles. The predicted octanol–water partition coefficient (Wildman–Crippen LogP) is 3.83. The molecule has 0 aliphatic carbocycles. The molecule has 0 unspecified atom stereocenters. The Balaban J connectivity index is 1.79. The summed E-state index contributed by atoms with van der Waals surface area (Å²) in [7, 11) is 1.31. The number of rotatable bonds is 6. The van der Waals surface area contributed by atoms with E-state index in [1.54, 1.807) is 30.5 Å². The number of anilines is 1. The number of nitrogens with one attached hydrogen (secondary N) is 2. The molecule has 3 aromatic rings. The molecule has 0 fully saturated rings. The molecule has 0 bridgehead atoms. The number of guanidine groups is 1. The Kier molecular flexibility index (Phi) is 7.48.